The van der Waals surface area contributed by atoms with E-state index < -0.39 is 0 Å². The third-order valence-electron chi connectivity index (χ3n) is 7.99. The quantitative estimate of drug-likeness (QED) is 0.448. The largest absolute Gasteiger partial charge is 0.369 e. The van der Waals surface area contributed by atoms with Crippen LogP contribution in [-0.2, 0) is 0 Å². The summed E-state index contributed by atoms with van der Waals surface area (Å²) < 4.78 is 15.9. The molecule has 35 heavy (non-hydrogen) atoms. The van der Waals surface area contributed by atoms with Crippen molar-refractivity contribution in [3.8, 4) is 11.1 Å². The van der Waals surface area contributed by atoms with Crippen LogP contribution >= 0.6 is 0 Å². The van der Waals surface area contributed by atoms with Gasteiger partial charge in [-0.2, -0.15) is 5.10 Å². The lowest BCUT2D eigenvalue weighted by atomic mass is 10.0. The Bertz CT molecular complexity index is 1370. The minimum atomic E-state index is -0.240. The van der Waals surface area contributed by atoms with E-state index >= 15 is 0 Å². The smallest absolute Gasteiger partial charge is 0.162 e. The normalized spacial score (nSPS) is 20.8. The second kappa shape index (κ2) is 8.84. The topological polar surface area (TPSA) is 52.8 Å². The van der Waals surface area contributed by atoms with Crippen LogP contribution in [0.15, 0.2) is 43.0 Å². The van der Waals surface area contributed by atoms with E-state index in [1.807, 2.05) is 29.0 Å². The number of aromatic nitrogens is 4. The molecule has 3 aromatic heterocycles. The third-order valence-corrected chi connectivity index (χ3v) is 7.99. The highest BCUT2D eigenvalue weighted by atomic mass is 19.1. The van der Waals surface area contributed by atoms with Crippen molar-refractivity contribution in [2.45, 2.75) is 38.8 Å². The summed E-state index contributed by atoms with van der Waals surface area (Å²) >= 11 is 0. The van der Waals surface area contributed by atoms with Crippen molar-refractivity contribution in [2.75, 3.05) is 44.7 Å². The third kappa shape index (κ3) is 4.04. The van der Waals surface area contributed by atoms with Gasteiger partial charge in [-0.3, -0.25) is 9.88 Å². The lowest BCUT2D eigenvalue weighted by Crippen LogP contribution is -2.55. The Kier molecular flexibility index (Phi) is 5.65. The maximum Gasteiger partial charge on any atom is 0.162 e. The Balaban J connectivity index is 1.23. The van der Waals surface area contributed by atoms with Gasteiger partial charge in [0.2, 0.25) is 0 Å². The molecule has 0 radical (unpaired) electrons. The molecule has 1 unspecified atom stereocenters. The Labute approximate surface area is 205 Å². The van der Waals surface area contributed by atoms with Gasteiger partial charge in [0, 0.05) is 68.0 Å². The number of benzene rings is 1. The number of hydrogen-bond donors (Lipinski definition) is 0. The van der Waals surface area contributed by atoms with Gasteiger partial charge in [0.15, 0.2) is 5.65 Å². The van der Waals surface area contributed by atoms with Gasteiger partial charge in [0.05, 0.1) is 29.8 Å². The van der Waals surface area contributed by atoms with E-state index in [9.17, 15) is 4.39 Å². The number of likely N-dealkylation sites (N-methyl/N-ethyl adjacent to an activating group) is 1. The van der Waals surface area contributed by atoms with E-state index in [0.717, 1.165) is 47.5 Å². The zero-order valence-corrected chi connectivity index (χ0v) is 20.7. The van der Waals surface area contributed by atoms with Crippen molar-refractivity contribution >= 4 is 22.2 Å². The van der Waals surface area contributed by atoms with Crippen LogP contribution in [0.25, 0.3) is 27.7 Å². The molecule has 0 spiro atoms. The van der Waals surface area contributed by atoms with Gasteiger partial charge >= 0.3 is 0 Å². The predicted octanol–water partition coefficient (Wildman–Crippen LogP) is 4.00. The fraction of sp³-hybridized carbons (Fsp3) is 0.444. The lowest BCUT2D eigenvalue weighted by molar-refractivity contribution is 0.0627. The van der Waals surface area contributed by atoms with Crippen LogP contribution in [-0.4, -0.2) is 81.2 Å². The first-order valence-corrected chi connectivity index (χ1v) is 12.6. The molecule has 0 saturated carbocycles. The van der Waals surface area contributed by atoms with Crippen molar-refractivity contribution < 1.29 is 4.39 Å². The van der Waals surface area contributed by atoms with Crippen LogP contribution in [0, 0.1) is 12.7 Å². The molecule has 0 amide bonds. The molecule has 1 atom stereocenters. The molecule has 2 aliphatic rings. The highest BCUT2D eigenvalue weighted by molar-refractivity contribution is 5.98. The van der Waals surface area contributed by atoms with Crippen LogP contribution in [0.3, 0.4) is 0 Å². The fourth-order valence-corrected chi connectivity index (χ4v) is 5.63. The molecular weight excluding hydrogens is 441 g/mol. The molecule has 8 heteroatoms. The minimum absolute atomic E-state index is 0.240. The Morgan fingerprint density at radius 1 is 1.00 bits per heavy atom. The van der Waals surface area contributed by atoms with Gasteiger partial charge in [-0.25, -0.2) is 13.9 Å². The maximum absolute atomic E-state index is 14.1. The number of fused-ring (bicyclic) bond motifs is 2. The highest BCUT2D eigenvalue weighted by Crippen LogP contribution is 2.32. The van der Waals surface area contributed by atoms with E-state index in [1.54, 1.807) is 13.1 Å². The zero-order valence-electron chi connectivity index (χ0n) is 20.7. The summed E-state index contributed by atoms with van der Waals surface area (Å²) in [6, 6.07) is 6.61. The van der Waals surface area contributed by atoms with Crippen LogP contribution < -0.4 is 4.90 Å². The molecule has 0 N–H and O–H groups in total. The zero-order chi connectivity index (χ0) is 24.1. The van der Waals surface area contributed by atoms with Gasteiger partial charge in [0.1, 0.15) is 5.82 Å². The van der Waals surface area contributed by atoms with Gasteiger partial charge in [-0.15, -0.1) is 0 Å². The standard InChI is InChI=1S/C27H32FN7/c1-18-12-23-22(4-7-29-26(23)13-25(18)28)24-15-31-35-17-21(14-30-27(24)35)33-8-5-20(6-9-33)34-11-10-32(3)19(2)16-34/h4,7,12-15,17,19-20H,5-6,8-11,16H2,1-3H3. The summed E-state index contributed by atoms with van der Waals surface area (Å²) in [5, 5.41) is 5.53. The lowest BCUT2D eigenvalue weighted by Gasteiger charge is -2.45. The van der Waals surface area contributed by atoms with E-state index in [1.165, 1.54) is 32.0 Å². The number of piperidine rings is 1. The SMILES string of the molecule is Cc1cc2c(-c3cnn4cc(N5CCC(N6CCN(C)C(C)C6)CC5)cnc34)ccnc2cc1F. The summed E-state index contributed by atoms with van der Waals surface area (Å²) in [7, 11) is 2.23. The molecule has 2 saturated heterocycles. The van der Waals surface area contributed by atoms with E-state index in [2.05, 4.69) is 45.0 Å². The maximum atomic E-state index is 14.1. The van der Waals surface area contributed by atoms with Crippen molar-refractivity contribution in [1.29, 1.82) is 0 Å². The molecule has 2 fully saturated rings. The Morgan fingerprint density at radius 2 is 1.83 bits per heavy atom. The molecule has 182 valence electrons. The number of piperazine rings is 1. The molecule has 5 heterocycles. The number of rotatable bonds is 3. The van der Waals surface area contributed by atoms with E-state index in [-0.39, 0.29) is 5.82 Å². The number of pyridine rings is 1. The number of anilines is 1. The monoisotopic (exact) mass is 473 g/mol. The van der Waals surface area contributed by atoms with Crippen molar-refractivity contribution in [2.24, 2.45) is 0 Å². The first kappa shape index (κ1) is 22.4. The van der Waals surface area contributed by atoms with Crippen LogP contribution in [0.1, 0.15) is 25.3 Å². The van der Waals surface area contributed by atoms with Gasteiger partial charge < -0.3 is 9.80 Å². The number of nitrogens with zero attached hydrogens (tertiary/aromatic N) is 7. The second-order valence-corrected chi connectivity index (χ2v) is 10.2. The summed E-state index contributed by atoms with van der Waals surface area (Å²) in [6.45, 7) is 9.67. The van der Waals surface area contributed by atoms with Gasteiger partial charge in [-0.1, -0.05) is 0 Å². The highest BCUT2D eigenvalue weighted by Gasteiger charge is 2.29. The summed E-state index contributed by atoms with van der Waals surface area (Å²) in [5.74, 6) is -0.240. The first-order valence-electron chi connectivity index (χ1n) is 12.6. The average molecular weight is 474 g/mol. The van der Waals surface area contributed by atoms with Crippen LogP contribution in [0.4, 0.5) is 10.1 Å². The molecule has 0 aliphatic carbocycles. The van der Waals surface area contributed by atoms with Crippen molar-refractivity contribution in [3.63, 3.8) is 0 Å². The molecule has 1 aromatic carbocycles. The fourth-order valence-electron chi connectivity index (χ4n) is 5.63. The second-order valence-electron chi connectivity index (χ2n) is 10.2. The number of hydrogen-bond acceptors (Lipinski definition) is 6. The molecule has 4 aromatic rings. The molecule has 6 rings (SSSR count). The van der Waals surface area contributed by atoms with Crippen molar-refractivity contribution in [1.82, 2.24) is 29.4 Å². The predicted molar refractivity (Wildman–Crippen MR) is 137 cm³/mol. The first-order chi connectivity index (χ1) is 17.0. The van der Waals surface area contributed by atoms with Crippen LogP contribution in [0.5, 0.6) is 0 Å². The molecular formula is C27H32FN7. The summed E-state index contributed by atoms with van der Waals surface area (Å²) in [6.07, 6.45) is 9.97. The van der Waals surface area contributed by atoms with Crippen LogP contribution in [0.2, 0.25) is 0 Å². The molecule has 0 bridgehead atoms. The number of halogens is 1. The van der Waals surface area contributed by atoms with E-state index in [0.29, 0.717) is 23.2 Å². The Hall–Kier alpha value is -3.10. The number of aryl methyl sites for hydroxylation is 1. The minimum Gasteiger partial charge on any atom is -0.369 e. The summed E-state index contributed by atoms with van der Waals surface area (Å²) in [4.78, 5) is 16.7. The average Bonchev–Trinajstić information content (AvgIpc) is 3.29. The van der Waals surface area contributed by atoms with E-state index in [4.69, 9.17) is 4.98 Å². The Morgan fingerprint density at radius 3 is 2.63 bits per heavy atom. The van der Waals surface area contributed by atoms with Gasteiger partial charge in [-0.05, 0) is 57.0 Å². The molecule has 7 nitrogen and oxygen atoms in total. The van der Waals surface area contributed by atoms with Crippen molar-refractivity contribution in [3.05, 3.63) is 54.4 Å². The summed E-state index contributed by atoms with van der Waals surface area (Å²) in [5.41, 5.74) is 5.04. The van der Waals surface area contributed by atoms with Gasteiger partial charge in [0.25, 0.3) is 0 Å². The molecule has 2 aliphatic heterocycles.